The van der Waals surface area contributed by atoms with Crippen molar-refractivity contribution in [3.63, 3.8) is 0 Å². The molecule has 0 amide bonds. The number of hydrogen-bond donors (Lipinski definition) is 2. The van der Waals surface area contributed by atoms with Crippen molar-refractivity contribution in [1.82, 2.24) is 0 Å². The van der Waals surface area contributed by atoms with Gasteiger partial charge in [0.1, 0.15) is 13.2 Å². The van der Waals surface area contributed by atoms with E-state index in [0.29, 0.717) is 51.4 Å². The zero-order valence-electron chi connectivity index (χ0n) is 30.2. The van der Waals surface area contributed by atoms with Gasteiger partial charge in [-0.2, -0.15) is 0 Å². The zero-order valence-corrected chi connectivity index (χ0v) is 30.2. The van der Waals surface area contributed by atoms with Crippen LogP contribution in [0.4, 0.5) is 0 Å². The number of carbonyl (C=O) groups is 4. The number of esters is 4. The fraction of sp³-hybridized carbons (Fsp3) is 0.892. The van der Waals surface area contributed by atoms with Crippen LogP contribution in [0.25, 0.3) is 0 Å². The highest BCUT2D eigenvalue weighted by Gasteiger charge is 2.33. The minimum absolute atomic E-state index is 0.0810. The number of carbonyl (C=O) groups excluding carboxylic acids is 4. The normalized spacial score (nSPS) is 12.7. The third-order valence-electron chi connectivity index (χ3n) is 8.37. The van der Waals surface area contributed by atoms with Crippen LogP contribution < -0.4 is 0 Å². The molecule has 0 saturated carbocycles. The average Bonchev–Trinajstić information content (AvgIpc) is 3.04. The first kappa shape index (κ1) is 44.8. The Balaban J connectivity index is 4.07. The van der Waals surface area contributed by atoms with Crippen molar-refractivity contribution in [2.45, 2.75) is 181 Å². The number of aliphatic hydroxyl groups excluding tert-OH is 2. The van der Waals surface area contributed by atoms with E-state index >= 15 is 0 Å². The summed E-state index contributed by atoms with van der Waals surface area (Å²) in [5.41, 5.74) is -1.29. The Morgan fingerprint density at radius 3 is 1.15 bits per heavy atom. The van der Waals surface area contributed by atoms with E-state index in [4.69, 9.17) is 18.9 Å². The second-order valence-electron chi connectivity index (χ2n) is 13.3. The summed E-state index contributed by atoms with van der Waals surface area (Å²) in [5, 5.41) is 19.7. The van der Waals surface area contributed by atoms with Gasteiger partial charge < -0.3 is 29.2 Å². The molecule has 0 aromatic heterocycles. The number of unbranched alkanes of at least 4 members (excludes halogenated alkanes) is 12. The van der Waals surface area contributed by atoms with Crippen LogP contribution in [0.5, 0.6) is 0 Å². The molecule has 0 bridgehead atoms. The molecule has 10 nitrogen and oxygen atoms in total. The molecule has 0 saturated heterocycles. The minimum atomic E-state index is -1.29. The van der Waals surface area contributed by atoms with Crippen LogP contribution >= 0.6 is 0 Å². The van der Waals surface area contributed by atoms with Gasteiger partial charge in [-0.3, -0.25) is 19.2 Å². The van der Waals surface area contributed by atoms with Crippen LogP contribution in [-0.4, -0.2) is 72.7 Å². The highest BCUT2D eigenvalue weighted by atomic mass is 16.6. The van der Waals surface area contributed by atoms with Crippen LogP contribution in [0.2, 0.25) is 0 Å². The molecule has 0 spiro atoms. The second kappa shape index (κ2) is 29.9. The molecule has 0 aromatic carbocycles. The van der Waals surface area contributed by atoms with Crippen LogP contribution in [0.1, 0.15) is 169 Å². The molecule has 0 aliphatic rings. The molecule has 2 N–H and O–H groups in total. The second-order valence-corrected chi connectivity index (χ2v) is 13.3. The van der Waals surface area contributed by atoms with Gasteiger partial charge in [0, 0.05) is 25.7 Å². The van der Waals surface area contributed by atoms with Gasteiger partial charge in [-0.1, -0.05) is 78.1 Å². The Hall–Kier alpha value is -2.20. The number of aliphatic hydroxyl groups is 2. The maximum atomic E-state index is 12.2. The molecule has 2 atom stereocenters. The van der Waals surface area contributed by atoms with Gasteiger partial charge in [0.2, 0.25) is 0 Å². The molecule has 0 aliphatic heterocycles. The van der Waals surface area contributed by atoms with E-state index in [1.54, 1.807) is 0 Å². The zero-order chi connectivity index (χ0) is 35.2. The fourth-order valence-electron chi connectivity index (χ4n) is 5.07. The van der Waals surface area contributed by atoms with E-state index in [9.17, 15) is 29.4 Å². The summed E-state index contributed by atoms with van der Waals surface area (Å²) in [6.07, 6.45) is 17.9. The smallest absolute Gasteiger partial charge is 0.306 e. The first-order valence-electron chi connectivity index (χ1n) is 18.5. The molecule has 47 heavy (non-hydrogen) atoms. The number of hydrogen-bond acceptors (Lipinski definition) is 10. The largest absolute Gasteiger partial charge is 0.465 e. The third-order valence-corrected chi connectivity index (χ3v) is 8.37. The van der Waals surface area contributed by atoms with Crippen LogP contribution in [-0.2, 0) is 38.1 Å². The quantitative estimate of drug-likeness (QED) is 0.0418. The van der Waals surface area contributed by atoms with Gasteiger partial charge in [0.05, 0.1) is 30.8 Å². The molecule has 0 fully saturated rings. The summed E-state index contributed by atoms with van der Waals surface area (Å²) in [6.45, 7) is 6.60. The van der Waals surface area contributed by atoms with E-state index < -0.39 is 30.6 Å². The van der Waals surface area contributed by atoms with Crippen LogP contribution in [0, 0.1) is 5.41 Å². The maximum absolute atomic E-state index is 12.2. The molecular weight excluding hydrogens is 604 g/mol. The third kappa shape index (κ3) is 26.4. The summed E-state index contributed by atoms with van der Waals surface area (Å²) in [6, 6.07) is 0. The molecule has 0 rings (SSSR count). The maximum Gasteiger partial charge on any atom is 0.306 e. The lowest BCUT2D eigenvalue weighted by Crippen LogP contribution is -2.41. The Labute approximate surface area is 285 Å². The van der Waals surface area contributed by atoms with Gasteiger partial charge in [0.15, 0.2) is 0 Å². The molecule has 0 heterocycles. The predicted octanol–water partition coefficient (Wildman–Crippen LogP) is 7.53. The van der Waals surface area contributed by atoms with E-state index in [0.717, 1.165) is 38.5 Å². The van der Waals surface area contributed by atoms with Crippen LogP contribution in [0.15, 0.2) is 0 Å². The van der Waals surface area contributed by atoms with Crippen molar-refractivity contribution in [3.05, 3.63) is 0 Å². The van der Waals surface area contributed by atoms with Crippen molar-refractivity contribution in [3.8, 4) is 0 Å². The van der Waals surface area contributed by atoms with E-state index in [1.807, 2.05) is 13.8 Å². The lowest BCUT2D eigenvalue weighted by Gasteiger charge is -2.28. The molecule has 2 unspecified atom stereocenters. The Morgan fingerprint density at radius 2 is 0.809 bits per heavy atom. The van der Waals surface area contributed by atoms with Crippen molar-refractivity contribution < 1.29 is 48.3 Å². The molecule has 0 radical (unpaired) electrons. The lowest BCUT2D eigenvalue weighted by molar-refractivity contribution is -0.159. The van der Waals surface area contributed by atoms with Crippen molar-refractivity contribution in [1.29, 1.82) is 0 Å². The monoisotopic (exact) mass is 672 g/mol. The summed E-state index contributed by atoms with van der Waals surface area (Å²) in [7, 11) is 0. The minimum Gasteiger partial charge on any atom is -0.465 e. The SMILES string of the molecule is CCCCCCCC(C)OC(=O)CCCCCC(=O)OCC(CO)(CO)COC(=O)CCCCCC(=O)OC(C)CCCCCCC. The van der Waals surface area contributed by atoms with Gasteiger partial charge in [-0.15, -0.1) is 0 Å². The van der Waals surface area contributed by atoms with Crippen molar-refractivity contribution in [2.75, 3.05) is 26.4 Å². The van der Waals surface area contributed by atoms with Gasteiger partial charge >= 0.3 is 23.9 Å². The summed E-state index contributed by atoms with van der Waals surface area (Å²) in [5.74, 6) is -1.40. The first-order valence-corrected chi connectivity index (χ1v) is 18.5. The summed E-state index contributed by atoms with van der Waals surface area (Å²) < 4.78 is 21.5. The van der Waals surface area contributed by atoms with Crippen molar-refractivity contribution >= 4 is 23.9 Å². The number of rotatable bonds is 32. The van der Waals surface area contributed by atoms with E-state index in [2.05, 4.69) is 13.8 Å². The predicted molar refractivity (Wildman–Crippen MR) is 183 cm³/mol. The Bertz CT molecular complexity index is 749. The van der Waals surface area contributed by atoms with Gasteiger partial charge in [-0.25, -0.2) is 0 Å². The van der Waals surface area contributed by atoms with Gasteiger partial charge in [-0.05, 0) is 65.2 Å². The van der Waals surface area contributed by atoms with Gasteiger partial charge in [0.25, 0.3) is 0 Å². The first-order chi connectivity index (χ1) is 22.6. The van der Waals surface area contributed by atoms with E-state index in [1.165, 1.54) is 38.5 Å². The summed E-state index contributed by atoms with van der Waals surface area (Å²) in [4.78, 5) is 48.6. The van der Waals surface area contributed by atoms with Crippen molar-refractivity contribution in [2.24, 2.45) is 5.41 Å². The molecular formula is C37H68O10. The number of ether oxygens (including phenoxy) is 4. The molecule has 0 aromatic rings. The lowest BCUT2D eigenvalue weighted by atomic mass is 9.92. The molecule has 10 heteroatoms. The summed E-state index contributed by atoms with van der Waals surface area (Å²) >= 11 is 0. The van der Waals surface area contributed by atoms with Crippen LogP contribution in [0.3, 0.4) is 0 Å². The Kier molecular flexibility index (Phi) is 28.5. The molecule has 0 aliphatic carbocycles. The topological polar surface area (TPSA) is 146 Å². The molecule has 276 valence electrons. The Morgan fingerprint density at radius 1 is 0.489 bits per heavy atom. The fourth-order valence-corrected chi connectivity index (χ4v) is 5.07. The van der Waals surface area contributed by atoms with E-state index in [-0.39, 0.29) is 50.2 Å². The highest BCUT2D eigenvalue weighted by molar-refractivity contribution is 5.70. The highest BCUT2D eigenvalue weighted by Crippen LogP contribution is 2.19. The standard InChI is InChI=1S/C37H68O10/c1-5-7-9-11-15-21-31(3)46-35(42)25-19-13-17-23-33(40)44-29-37(27-38,28-39)30-45-34(41)24-18-14-20-26-36(43)47-32(4)22-16-12-10-8-6-2/h31-32,38-39H,5-30H2,1-4H3. The average molecular weight is 673 g/mol.